The Morgan fingerprint density at radius 3 is 2.95 bits per heavy atom. The Balaban J connectivity index is 1.83. The van der Waals surface area contributed by atoms with Gasteiger partial charge in [0, 0.05) is 6.04 Å². The van der Waals surface area contributed by atoms with Crippen LogP contribution in [0.5, 0.6) is 5.75 Å². The van der Waals surface area contributed by atoms with Crippen molar-refractivity contribution in [2.75, 3.05) is 12.4 Å². The van der Waals surface area contributed by atoms with Gasteiger partial charge in [-0.2, -0.15) is 0 Å². The molecule has 1 saturated carbocycles. The molecule has 4 heteroatoms. The van der Waals surface area contributed by atoms with Gasteiger partial charge in [0.15, 0.2) is 5.13 Å². The minimum Gasteiger partial charge on any atom is -0.497 e. The maximum Gasteiger partial charge on any atom is 0.184 e. The number of nitrogens with one attached hydrogen (secondary N) is 1. The number of hydrogen-bond acceptors (Lipinski definition) is 4. The van der Waals surface area contributed by atoms with Gasteiger partial charge in [-0.3, -0.25) is 0 Å². The van der Waals surface area contributed by atoms with Crippen LogP contribution in [0.3, 0.4) is 0 Å². The minimum absolute atomic E-state index is 0.355. The van der Waals surface area contributed by atoms with E-state index in [1.165, 1.54) is 30.4 Å². The summed E-state index contributed by atoms with van der Waals surface area (Å²) in [5.41, 5.74) is 1.40. The highest BCUT2D eigenvalue weighted by Gasteiger charge is 2.32. The van der Waals surface area contributed by atoms with E-state index in [-0.39, 0.29) is 0 Å². The molecule has 0 bridgehead atoms. The van der Waals surface area contributed by atoms with Crippen LogP contribution in [0.15, 0.2) is 18.2 Å². The first kappa shape index (κ1) is 13.7. The van der Waals surface area contributed by atoms with E-state index in [4.69, 9.17) is 9.72 Å². The highest BCUT2D eigenvalue weighted by molar-refractivity contribution is 7.22. The van der Waals surface area contributed by atoms with Crippen molar-refractivity contribution in [3.05, 3.63) is 18.2 Å². The molecule has 1 aromatic carbocycles. The van der Waals surface area contributed by atoms with Crippen molar-refractivity contribution < 1.29 is 4.74 Å². The molecule has 1 aromatic heterocycles. The second-order valence-electron chi connectivity index (χ2n) is 6.28. The Kier molecular flexibility index (Phi) is 3.59. The fourth-order valence-electron chi connectivity index (χ4n) is 3.00. The lowest BCUT2D eigenvalue weighted by atomic mass is 9.73. The molecule has 1 atom stereocenters. The molecule has 1 N–H and O–H groups in total. The summed E-state index contributed by atoms with van der Waals surface area (Å²) in [5.74, 6) is 0.894. The summed E-state index contributed by atoms with van der Waals surface area (Å²) in [6.07, 6.45) is 5.21. The van der Waals surface area contributed by atoms with E-state index in [2.05, 4.69) is 25.2 Å². The third-order valence-electron chi connectivity index (χ3n) is 4.40. The van der Waals surface area contributed by atoms with Crippen molar-refractivity contribution >= 4 is 26.7 Å². The number of methoxy groups -OCH3 is 1. The largest absolute Gasteiger partial charge is 0.497 e. The van der Waals surface area contributed by atoms with E-state index in [1.54, 1.807) is 18.4 Å². The average Bonchev–Trinajstić information content (AvgIpc) is 2.82. The lowest BCUT2D eigenvalue weighted by molar-refractivity contribution is 0.217. The first-order valence-electron chi connectivity index (χ1n) is 7.30. The van der Waals surface area contributed by atoms with Gasteiger partial charge in [-0.15, -0.1) is 0 Å². The van der Waals surface area contributed by atoms with Crippen molar-refractivity contribution in [1.82, 2.24) is 4.98 Å². The number of thiazole rings is 1. The van der Waals surface area contributed by atoms with E-state index in [1.807, 2.05) is 12.1 Å². The maximum atomic E-state index is 5.27. The molecule has 1 unspecified atom stereocenters. The van der Waals surface area contributed by atoms with E-state index in [0.717, 1.165) is 16.4 Å². The Labute approximate surface area is 124 Å². The highest BCUT2D eigenvalue weighted by atomic mass is 32.1. The Bertz CT molecular complexity index is 606. The zero-order valence-electron chi connectivity index (χ0n) is 12.4. The molecular weight excluding hydrogens is 268 g/mol. The summed E-state index contributed by atoms with van der Waals surface area (Å²) in [6.45, 7) is 4.72. The Morgan fingerprint density at radius 1 is 1.35 bits per heavy atom. The summed E-state index contributed by atoms with van der Waals surface area (Å²) in [5, 5.41) is 4.70. The van der Waals surface area contributed by atoms with Gasteiger partial charge in [-0.25, -0.2) is 4.98 Å². The van der Waals surface area contributed by atoms with E-state index >= 15 is 0 Å². The molecule has 108 valence electrons. The topological polar surface area (TPSA) is 34.1 Å². The van der Waals surface area contributed by atoms with Crippen LogP contribution in [0, 0.1) is 5.41 Å². The molecule has 0 aliphatic heterocycles. The van der Waals surface area contributed by atoms with Crippen molar-refractivity contribution in [3.63, 3.8) is 0 Å². The first-order chi connectivity index (χ1) is 9.58. The van der Waals surface area contributed by atoms with Gasteiger partial charge in [-0.1, -0.05) is 38.0 Å². The first-order valence-corrected chi connectivity index (χ1v) is 8.11. The second-order valence-corrected chi connectivity index (χ2v) is 7.31. The summed E-state index contributed by atoms with van der Waals surface area (Å²) in [4.78, 5) is 4.70. The van der Waals surface area contributed by atoms with Crippen LogP contribution in [0.25, 0.3) is 10.2 Å². The van der Waals surface area contributed by atoms with E-state index < -0.39 is 0 Å². The van der Waals surface area contributed by atoms with E-state index in [0.29, 0.717) is 11.5 Å². The average molecular weight is 290 g/mol. The van der Waals surface area contributed by atoms with Gasteiger partial charge in [0.2, 0.25) is 0 Å². The molecule has 1 heterocycles. The van der Waals surface area contributed by atoms with Crippen LogP contribution >= 0.6 is 11.3 Å². The van der Waals surface area contributed by atoms with Gasteiger partial charge < -0.3 is 10.1 Å². The van der Waals surface area contributed by atoms with Gasteiger partial charge in [0.25, 0.3) is 0 Å². The number of fused-ring (bicyclic) bond motifs is 1. The maximum absolute atomic E-state index is 5.27. The van der Waals surface area contributed by atoms with Gasteiger partial charge in [-0.05, 0) is 36.5 Å². The van der Waals surface area contributed by atoms with Crippen molar-refractivity contribution in [3.8, 4) is 5.75 Å². The number of rotatable bonds is 3. The summed E-state index contributed by atoms with van der Waals surface area (Å²) in [6, 6.07) is 6.58. The number of aromatic nitrogens is 1. The van der Waals surface area contributed by atoms with Crippen molar-refractivity contribution in [2.45, 2.75) is 45.6 Å². The van der Waals surface area contributed by atoms with Crippen molar-refractivity contribution in [2.24, 2.45) is 5.41 Å². The lowest BCUT2D eigenvalue weighted by Crippen LogP contribution is -2.38. The van der Waals surface area contributed by atoms with Crippen LogP contribution in [0.1, 0.15) is 39.5 Å². The van der Waals surface area contributed by atoms with Crippen molar-refractivity contribution in [1.29, 1.82) is 0 Å². The van der Waals surface area contributed by atoms with Crippen LogP contribution in [0.4, 0.5) is 5.13 Å². The SMILES string of the molecule is COc1ccc2nc(NC3CCCCC3(C)C)sc2c1. The number of hydrogen-bond donors (Lipinski definition) is 1. The smallest absolute Gasteiger partial charge is 0.184 e. The summed E-state index contributed by atoms with van der Waals surface area (Å²) < 4.78 is 6.45. The zero-order chi connectivity index (χ0) is 14.2. The normalized spacial score (nSPS) is 21.9. The lowest BCUT2D eigenvalue weighted by Gasteiger charge is -2.38. The van der Waals surface area contributed by atoms with Crippen LogP contribution < -0.4 is 10.1 Å². The second kappa shape index (κ2) is 5.24. The highest BCUT2D eigenvalue weighted by Crippen LogP contribution is 2.38. The molecule has 1 aliphatic rings. The van der Waals surface area contributed by atoms with Crippen LogP contribution in [-0.4, -0.2) is 18.1 Å². The standard InChI is InChI=1S/C16H22N2OS/c1-16(2)9-5-4-6-14(16)18-15-17-12-8-7-11(19-3)10-13(12)20-15/h7-8,10,14H,4-6,9H2,1-3H3,(H,17,18). The molecule has 1 aliphatic carbocycles. The Morgan fingerprint density at radius 2 is 2.20 bits per heavy atom. The molecule has 0 saturated heterocycles. The fourth-order valence-corrected chi connectivity index (χ4v) is 3.95. The minimum atomic E-state index is 0.355. The third kappa shape index (κ3) is 2.62. The number of nitrogens with zero attached hydrogens (tertiary/aromatic N) is 1. The predicted octanol–water partition coefficient (Wildman–Crippen LogP) is 4.69. The molecule has 1 fully saturated rings. The van der Waals surface area contributed by atoms with Gasteiger partial charge in [0.05, 0.1) is 17.3 Å². The molecule has 3 rings (SSSR count). The van der Waals surface area contributed by atoms with Gasteiger partial charge >= 0.3 is 0 Å². The van der Waals surface area contributed by atoms with E-state index in [9.17, 15) is 0 Å². The molecular formula is C16H22N2OS. The molecule has 0 amide bonds. The third-order valence-corrected chi connectivity index (χ3v) is 5.35. The predicted molar refractivity (Wildman–Crippen MR) is 85.8 cm³/mol. The molecule has 0 spiro atoms. The van der Waals surface area contributed by atoms with Crippen LogP contribution in [0.2, 0.25) is 0 Å². The van der Waals surface area contributed by atoms with Crippen LogP contribution in [-0.2, 0) is 0 Å². The number of benzene rings is 1. The number of anilines is 1. The molecule has 3 nitrogen and oxygen atoms in total. The summed E-state index contributed by atoms with van der Waals surface area (Å²) >= 11 is 1.72. The molecule has 2 aromatic rings. The monoisotopic (exact) mass is 290 g/mol. The summed E-state index contributed by atoms with van der Waals surface area (Å²) in [7, 11) is 1.70. The zero-order valence-corrected chi connectivity index (χ0v) is 13.2. The molecule has 20 heavy (non-hydrogen) atoms. The molecule has 0 radical (unpaired) electrons. The quantitative estimate of drug-likeness (QED) is 0.890. The van der Waals surface area contributed by atoms with Gasteiger partial charge in [0.1, 0.15) is 5.75 Å². The number of ether oxygens (including phenoxy) is 1. The Hall–Kier alpha value is -1.29. The fraction of sp³-hybridized carbons (Fsp3) is 0.562.